The summed E-state index contributed by atoms with van der Waals surface area (Å²) in [6.07, 6.45) is 0. The van der Waals surface area contributed by atoms with Crippen molar-refractivity contribution in [2.45, 2.75) is 131 Å². The summed E-state index contributed by atoms with van der Waals surface area (Å²) in [5.74, 6) is 0. The van der Waals surface area contributed by atoms with Crippen molar-refractivity contribution in [3.8, 4) is 5.69 Å². The summed E-state index contributed by atoms with van der Waals surface area (Å²) >= 11 is 0. The molecule has 0 radical (unpaired) electrons. The van der Waals surface area contributed by atoms with Gasteiger partial charge in [0.15, 0.2) is 7.14 Å². The smallest absolute Gasteiger partial charge is 0.183 e. The van der Waals surface area contributed by atoms with Gasteiger partial charge in [0.2, 0.25) is 0 Å². The number of anilines is 9. The van der Waals surface area contributed by atoms with Gasteiger partial charge in [-0.3, -0.25) is 0 Å². The van der Waals surface area contributed by atoms with E-state index in [0.717, 1.165) is 83.8 Å². The van der Waals surface area contributed by atoms with Gasteiger partial charge in [0.25, 0.3) is 0 Å². The van der Waals surface area contributed by atoms with Gasteiger partial charge in [0, 0.05) is 27.8 Å². The van der Waals surface area contributed by atoms with E-state index in [-0.39, 0.29) is 27.1 Å². The zero-order valence-corrected chi connectivity index (χ0v) is 47.0. The van der Waals surface area contributed by atoms with E-state index in [9.17, 15) is 0 Å². The quantitative estimate of drug-likeness (QED) is 0.165. The highest BCUT2D eigenvalue weighted by molar-refractivity contribution is 7.87. The zero-order valence-electron chi connectivity index (χ0n) is 46.2. The third kappa shape index (κ3) is 7.20. The van der Waals surface area contributed by atoms with Crippen molar-refractivity contribution in [2.24, 2.45) is 0 Å². The van der Waals surface area contributed by atoms with Gasteiger partial charge in [-0.25, -0.2) is 0 Å². The van der Waals surface area contributed by atoms with Gasteiger partial charge in [0.1, 0.15) is 0 Å². The minimum atomic E-state index is -3.74. The number of hydrogen-bond acceptors (Lipinski definition) is 4. The number of rotatable bonds is 4. The van der Waals surface area contributed by atoms with Crippen molar-refractivity contribution < 1.29 is 4.57 Å². The third-order valence-corrected chi connectivity index (χ3v) is 19.4. The molecule has 0 fully saturated rings. The Balaban J connectivity index is 1.29. The van der Waals surface area contributed by atoms with Gasteiger partial charge < -0.3 is 23.8 Å². The molecule has 0 saturated carbocycles. The molecule has 5 nitrogen and oxygen atoms in total. The maximum Gasteiger partial charge on any atom is 0.183 e. The van der Waals surface area contributed by atoms with Crippen LogP contribution in [0.1, 0.15) is 132 Å². The first kappa shape index (κ1) is 48.1. The van der Waals surface area contributed by atoms with Crippen LogP contribution in [0.25, 0.3) is 27.5 Å². The topological polar surface area (TPSA) is 31.7 Å². The normalized spacial score (nSPS) is 15.0. The van der Waals surface area contributed by atoms with Crippen molar-refractivity contribution in [3.05, 3.63) is 186 Å². The summed E-state index contributed by atoms with van der Waals surface area (Å²) in [5.41, 5.74) is 17.7. The van der Waals surface area contributed by atoms with E-state index in [1.165, 1.54) is 38.6 Å². The molecule has 0 bridgehead atoms. The van der Waals surface area contributed by atoms with Crippen LogP contribution in [0.3, 0.4) is 0 Å². The first-order valence-electron chi connectivity index (χ1n) is 26.6. The molecule has 3 aliphatic rings. The summed E-state index contributed by atoms with van der Waals surface area (Å²) in [6.45, 7) is 34.3. The molecule has 0 N–H and O–H groups in total. The number of fused-ring (bicyclic) bond motifs is 3. The summed E-state index contributed by atoms with van der Waals surface area (Å²) in [7, 11) is -3.74. The second-order valence-electron chi connectivity index (χ2n) is 26.4. The molecule has 12 rings (SSSR count). The summed E-state index contributed by atoms with van der Waals surface area (Å²) in [6, 6.07) is 59.2. The minimum Gasteiger partial charge on any atom is -0.309 e. The van der Waals surface area contributed by atoms with Crippen LogP contribution in [0.4, 0.5) is 51.2 Å². The first-order valence-corrected chi connectivity index (χ1v) is 28.3. The SMILES string of the molecule is CC(C)(C)c1ccc(N2c3cc(-n4c5ccccc5c5ccccc54)cc4c3P3(=O)c5c2cc(C(C)(C)C)cc5N(c2ccc(C(C)(C)C)cc2)c2cc(C(C)(C)C)cc(c23)N4c2ccc(C(C)(C)C)cc2)cc1. The molecule has 0 amide bonds. The molecule has 6 heteroatoms. The Hall–Kier alpha value is -6.81. The Kier molecular flexibility index (Phi) is 10.3. The van der Waals surface area contributed by atoms with Crippen molar-refractivity contribution in [2.75, 3.05) is 14.7 Å². The fourth-order valence-corrected chi connectivity index (χ4v) is 15.5. The predicted molar refractivity (Wildman–Crippen MR) is 318 cm³/mol. The van der Waals surface area contributed by atoms with E-state index in [1.54, 1.807) is 0 Å². The second kappa shape index (κ2) is 15.9. The maximum absolute atomic E-state index is 18.3. The molecular weight excluding hydrogens is 920 g/mol. The van der Waals surface area contributed by atoms with E-state index in [4.69, 9.17) is 0 Å². The molecule has 0 saturated heterocycles. The van der Waals surface area contributed by atoms with E-state index in [1.807, 2.05) is 0 Å². The molecule has 8 aromatic carbocycles. The number of aromatic nitrogens is 1. The lowest BCUT2D eigenvalue weighted by atomic mass is 9.84. The average molecular weight is 991 g/mol. The summed E-state index contributed by atoms with van der Waals surface area (Å²) in [5, 5.41) is 5.06. The van der Waals surface area contributed by atoms with Crippen LogP contribution >= 0.6 is 7.14 Å². The molecule has 0 unspecified atom stereocenters. The van der Waals surface area contributed by atoms with Crippen LogP contribution in [-0.4, -0.2) is 4.57 Å². The highest BCUT2D eigenvalue weighted by Crippen LogP contribution is 2.68. The fraction of sp³-hybridized carbons (Fsp3) is 0.294. The lowest BCUT2D eigenvalue weighted by Gasteiger charge is -2.50. The molecule has 3 aliphatic heterocycles. The van der Waals surface area contributed by atoms with Crippen LogP contribution < -0.4 is 30.6 Å². The van der Waals surface area contributed by atoms with Crippen molar-refractivity contribution >= 4 is 96.0 Å². The van der Waals surface area contributed by atoms with Crippen LogP contribution in [0.5, 0.6) is 0 Å². The Labute approximate surface area is 439 Å². The number of nitrogens with zero attached hydrogens (tertiary/aromatic N) is 4. The Bertz CT molecular complexity index is 3610. The van der Waals surface area contributed by atoms with Crippen molar-refractivity contribution in [3.63, 3.8) is 0 Å². The van der Waals surface area contributed by atoms with E-state index < -0.39 is 7.14 Å². The Morgan fingerprint density at radius 2 is 0.554 bits per heavy atom. The molecule has 0 atom stereocenters. The minimum absolute atomic E-state index is 0.0307. The molecule has 4 heterocycles. The van der Waals surface area contributed by atoms with Crippen LogP contribution in [0.15, 0.2) is 158 Å². The van der Waals surface area contributed by atoms with Gasteiger partial charge in [-0.05, 0) is 140 Å². The molecule has 9 aromatic rings. The molecule has 374 valence electrons. The highest BCUT2D eigenvalue weighted by atomic mass is 31.2. The molecule has 0 spiro atoms. The van der Waals surface area contributed by atoms with Crippen LogP contribution in [-0.2, 0) is 31.6 Å². The first-order chi connectivity index (χ1) is 34.7. The maximum atomic E-state index is 18.3. The lowest BCUT2D eigenvalue weighted by molar-refractivity contribution is 0.587. The fourth-order valence-electron chi connectivity index (χ4n) is 11.9. The predicted octanol–water partition coefficient (Wildman–Crippen LogP) is 18.3. The number of hydrogen-bond donors (Lipinski definition) is 0. The number of benzene rings is 8. The van der Waals surface area contributed by atoms with E-state index in [2.05, 4.69) is 281 Å². The highest BCUT2D eigenvalue weighted by Gasteiger charge is 2.55. The van der Waals surface area contributed by atoms with Gasteiger partial charge >= 0.3 is 0 Å². The molecular formula is C68H71N4OP. The van der Waals surface area contributed by atoms with Gasteiger partial charge in [-0.2, -0.15) is 0 Å². The molecule has 1 aromatic heterocycles. The second-order valence-corrected chi connectivity index (χ2v) is 29.0. The molecule has 0 aliphatic carbocycles. The van der Waals surface area contributed by atoms with Crippen LogP contribution in [0, 0.1) is 0 Å². The standard InChI is InChI=1S/C68H71N4OP/c1-64(2,3)42-24-30-47(31-25-42)69-55-36-45(67(10,11)12)38-57-61(55)74(73)62-56(69)37-46(68(13,14)15)39-58(62)71(49-34-28-44(29-35-49)66(7,8)9)60-41-50(72-53-22-18-16-20-51(53)52-21-17-19-23-54(52)72)40-59(63(60)74)70(57)48-32-26-43(27-33-48)65(4,5)6/h16-41H,1-15H3. The Morgan fingerprint density at radius 1 is 0.297 bits per heavy atom. The van der Waals surface area contributed by atoms with Gasteiger partial charge in [-0.1, -0.05) is 177 Å². The van der Waals surface area contributed by atoms with E-state index >= 15 is 4.57 Å². The Morgan fingerprint density at radius 3 is 0.824 bits per heavy atom. The monoisotopic (exact) mass is 991 g/mol. The average Bonchev–Trinajstić information content (AvgIpc) is 3.69. The zero-order chi connectivity index (χ0) is 52.4. The van der Waals surface area contributed by atoms with Gasteiger partial charge in [-0.15, -0.1) is 0 Å². The van der Waals surface area contributed by atoms with Crippen molar-refractivity contribution in [1.29, 1.82) is 0 Å². The largest absolute Gasteiger partial charge is 0.309 e. The summed E-state index contributed by atoms with van der Waals surface area (Å²) in [4.78, 5) is 7.40. The van der Waals surface area contributed by atoms with E-state index in [0.29, 0.717) is 0 Å². The van der Waals surface area contributed by atoms with Crippen LogP contribution in [0.2, 0.25) is 0 Å². The lowest BCUT2D eigenvalue weighted by Crippen LogP contribution is -2.48. The molecule has 74 heavy (non-hydrogen) atoms. The number of para-hydroxylation sites is 2. The third-order valence-electron chi connectivity index (χ3n) is 16.1. The summed E-state index contributed by atoms with van der Waals surface area (Å²) < 4.78 is 20.8. The van der Waals surface area contributed by atoms with Gasteiger partial charge in [0.05, 0.1) is 66.8 Å². The van der Waals surface area contributed by atoms with Crippen molar-refractivity contribution in [1.82, 2.24) is 4.57 Å².